The lowest BCUT2D eigenvalue weighted by Crippen LogP contribution is -2.26. The molecular formula is C17H29NO2. The van der Waals surface area contributed by atoms with E-state index in [0.717, 1.165) is 42.9 Å². The van der Waals surface area contributed by atoms with Crippen LogP contribution in [0.15, 0.2) is 16.5 Å². The molecule has 0 saturated heterocycles. The maximum Gasteiger partial charge on any atom is 0.129 e. The minimum atomic E-state index is 0.403. The van der Waals surface area contributed by atoms with Crippen LogP contribution in [0.1, 0.15) is 58.0 Å². The van der Waals surface area contributed by atoms with Crippen LogP contribution in [0, 0.1) is 11.8 Å². The van der Waals surface area contributed by atoms with Crippen molar-refractivity contribution in [2.75, 3.05) is 6.54 Å². The first-order chi connectivity index (χ1) is 9.67. The largest absolute Gasteiger partial charge is 0.462 e. The summed E-state index contributed by atoms with van der Waals surface area (Å²) in [5.74, 6) is 3.52. The van der Waals surface area contributed by atoms with E-state index in [4.69, 9.17) is 9.15 Å². The molecule has 3 nitrogen and oxygen atoms in total. The minimum Gasteiger partial charge on any atom is -0.462 e. The highest BCUT2D eigenvalue weighted by atomic mass is 16.5. The van der Waals surface area contributed by atoms with Crippen molar-refractivity contribution in [2.24, 2.45) is 11.8 Å². The topological polar surface area (TPSA) is 34.4 Å². The van der Waals surface area contributed by atoms with Gasteiger partial charge in [0, 0.05) is 0 Å². The highest BCUT2D eigenvalue weighted by molar-refractivity contribution is 5.06. The molecule has 1 heterocycles. The molecule has 2 unspecified atom stereocenters. The maximum atomic E-state index is 6.03. The van der Waals surface area contributed by atoms with Gasteiger partial charge in [-0.05, 0) is 56.2 Å². The summed E-state index contributed by atoms with van der Waals surface area (Å²) in [6, 6.07) is 4.09. The van der Waals surface area contributed by atoms with Gasteiger partial charge in [0.2, 0.25) is 0 Å². The van der Waals surface area contributed by atoms with Gasteiger partial charge in [-0.3, -0.25) is 0 Å². The Morgan fingerprint density at radius 1 is 1.15 bits per heavy atom. The number of ether oxygens (including phenoxy) is 1. The van der Waals surface area contributed by atoms with Crippen LogP contribution in [-0.2, 0) is 17.9 Å². The van der Waals surface area contributed by atoms with Gasteiger partial charge >= 0.3 is 0 Å². The molecule has 0 radical (unpaired) electrons. The third-order valence-corrected chi connectivity index (χ3v) is 4.04. The van der Waals surface area contributed by atoms with Crippen LogP contribution in [0.3, 0.4) is 0 Å². The van der Waals surface area contributed by atoms with Crippen molar-refractivity contribution in [1.29, 1.82) is 0 Å². The zero-order chi connectivity index (χ0) is 14.4. The lowest BCUT2D eigenvalue weighted by molar-refractivity contribution is -0.0159. The fourth-order valence-electron chi connectivity index (χ4n) is 3.19. The Morgan fingerprint density at radius 2 is 1.85 bits per heavy atom. The number of hydrogen-bond donors (Lipinski definition) is 1. The van der Waals surface area contributed by atoms with Gasteiger partial charge in [-0.1, -0.05) is 20.8 Å². The van der Waals surface area contributed by atoms with E-state index in [-0.39, 0.29) is 0 Å². The van der Waals surface area contributed by atoms with E-state index in [1.54, 1.807) is 0 Å². The first-order valence-electron chi connectivity index (χ1n) is 8.07. The summed E-state index contributed by atoms with van der Waals surface area (Å²) in [6.45, 7) is 9.28. The zero-order valence-electron chi connectivity index (χ0n) is 13.2. The quantitative estimate of drug-likeness (QED) is 0.762. The second kappa shape index (κ2) is 7.84. The van der Waals surface area contributed by atoms with E-state index < -0.39 is 0 Å². The van der Waals surface area contributed by atoms with Crippen molar-refractivity contribution < 1.29 is 9.15 Å². The molecule has 2 atom stereocenters. The van der Waals surface area contributed by atoms with Crippen LogP contribution in [0.4, 0.5) is 0 Å². The molecule has 1 N–H and O–H groups in total. The van der Waals surface area contributed by atoms with Gasteiger partial charge in [0.25, 0.3) is 0 Å². The van der Waals surface area contributed by atoms with Crippen LogP contribution < -0.4 is 5.32 Å². The predicted octanol–water partition coefficient (Wildman–Crippen LogP) is 4.12. The first-order valence-corrected chi connectivity index (χ1v) is 8.07. The number of rotatable bonds is 7. The fourth-order valence-corrected chi connectivity index (χ4v) is 3.19. The standard InChI is InChI=1S/C17H29NO2/c1-4-7-18-11-15-5-6-16(20-15)12-19-17-9-13(2)8-14(3)10-17/h5-6,13-14,17-18H,4,7-12H2,1-3H3. The van der Waals surface area contributed by atoms with Gasteiger partial charge in [0.05, 0.1) is 12.6 Å². The molecule has 0 spiro atoms. The molecule has 1 aromatic heterocycles. The fraction of sp³-hybridized carbons (Fsp3) is 0.765. The van der Waals surface area contributed by atoms with Gasteiger partial charge in [-0.2, -0.15) is 0 Å². The molecule has 1 fully saturated rings. The lowest BCUT2D eigenvalue weighted by Gasteiger charge is -2.31. The molecule has 0 bridgehead atoms. The van der Waals surface area contributed by atoms with Gasteiger partial charge in [0.15, 0.2) is 0 Å². The maximum absolute atomic E-state index is 6.03. The number of hydrogen-bond acceptors (Lipinski definition) is 3. The summed E-state index contributed by atoms with van der Waals surface area (Å²) in [5, 5.41) is 3.35. The van der Waals surface area contributed by atoms with Crippen molar-refractivity contribution in [2.45, 2.75) is 65.7 Å². The summed E-state index contributed by atoms with van der Waals surface area (Å²) in [4.78, 5) is 0. The van der Waals surface area contributed by atoms with E-state index in [1.807, 2.05) is 12.1 Å². The summed E-state index contributed by atoms with van der Waals surface area (Å²) in [7, 11) is 0. The summed E-state index contributed by atoms with van der Waals surface area (Å²) >= 11 is 0. The molecule has 3 heteroatoms. The average molecular weight is 279 g/mol. The van der Waals surface area contributed by atoms with Gasteiger partial charge in [-0.25, -0.2) is 0 Å². The molecule has 2 rings (SSSR count). The van der Waals surface area contributed by atoms with Crippen LogP contribution in [0.25, 0.3) is 0 Å². The van der Waals surface area contributed by atoms with Crippen LogP contribution >= 0.6 is 0 Å². The third-order valence-electron chi connectivity index (χ3n) is 4.04. The minimum absolute atomic E-state index is 0.403. The molecule has 20 heavy (non-hydrogen) atoms. The Hall–Kier alpha value is -0.800. The summed E-state index contributed by atoms with van der Waals surface area (Å²) < 4.78 is 11.8. The molecular weight excluding hydrogens is 250 g/mol. The Bertz CT molecular complexity index is 378. The Morgan fingerprint density at radius 3 is 2.55 bits per heavy atom. The molecule has 0 aromatic carbocycles. The Labute approximate surface area is 123 Å². The van der Waals surface area contributed by atoms with E-state index in [0.29, 0.717) is 12.7 Å². The Balaban J connectivity index is 1.73. The van der Waals surface area contributed by atoms with Gasteiger partial charge < -0.3 is 14.5 Å². The molecule has 114 valence electrons. The normalized spacial score (nSPS) is 26.9. The summed E-state index contributed by atoms with van der Waals surface area (Å²) in [6.07, 6.45) is 5.27. The van der Waals surface area contributed by atoms with Crippen molar-refractivity contribution in [1.82, 2.24) is 5.32 Å². The number of furan rings is 1. The van der Waals surface area contributed by atoms with E-state index in [9.17, 15) is 0 Å². The van der Waals surface area contributed by atoms with Crippen molar-refractivity contribution in [3.8, 4) is 0 Å². The lowest BCUT2D eigenvalue weighted by atomic mass is 9.82. The molecule has 0 amide bonds. The molecule has 0 aliphatic heterocycles. The molecule has 1 aliphatic rings. The second-order valence-electron chi connectivity index (χ2n) is 6.40. The molecule has 1 saturated carbocycles. The molecule has 1 aromatic rings. The zero-order valence-corrected chi connectivity index (χ0v) is 13.2. The Kier molecular flexibility index (Phi) is 6.11. The highest BCUT2D eigenvalue weighted by Gasteiger charge is 2.24. The van der Waals surface area contributed by atoms with E-state index in [1.165, 1.54) is 19.3 Å². The third kappa shape index (κ3) is 4.95. The van der Waals surface area contributed by atoms with Crippen LogP contribution in [0.2, 0.25) is 0 Å². The van der Waals surface area contributed by atoms with Crippen LogP contribution in [0.5, 0.6) is 0 Å². The van der Waals surface area contributed by atoms with Crippen LogP contribution in [-0.4, -0.2) is 12.6 Å². The predicted molar refractivity (Wildman–Crippen MR) is 81.5 cm³/mol. The average Bonchev–Trinajstić information content (AvgIpc) is 2.84. The first kappa shape index (κ1) is 15.6. The SMILES string of the molecule is CCCNCc1ccc(COC2CC(C)CC(C)C2)o1. The summed E-state index contributed by atoms with van der Waals surface area (Å²) in [5.41, 5.74) is 0. The number of nitrogens with one attached hydrogen (secondary N) is 1. The van der Waals surface area contributed by atoms with Crippen molar-refractivity contribution in [3.05, 3.63) is 23.7 Å². The second-order valence-corrected chi connectivity index (χ2v) is 6.40. The van der Waals surface area contributed by atoms with Gasteiger partial charge in [0.1, 0.15) is 18.1 Å². The smallest absolute Gasteiger partial charge is 0.129 e. The van der Waals surface area contributed by atoms with Gasteiger partial charge in [-0.15, -0.1) is 0 Å². The monoisotopic (exact) mass is 279 g/mol. The molecule has 1 aliphatic carbocycles. The highest BCUT2D eigenvalue weighted by Crippen LogP contribution is 2.30. The van der Waals surface area contributed by atoms with Crippen molar-refractivity contribution in [3.63, 3.8) is 0 Å². The van der Waals surface area contributed by atoms with E-state index in [2.05, 4.69) is 26.1 Å². The van der Waals surface area contributed by atoms with Crippen molar-refractivity contribution >= 4 is 0 Å². The van der Waals surface area contributed by atoms with E-state index >= 15 is 0 Å².